The van der Waals surface area contributed by atoms with E-state index in [9.17, 15) is 0 Å². The Hall–Kier alpha value is -1.32. The van der Waals surface area contributed by atoms with E-state index in [0.29, 0.717) is 0 Å². The quantitative estimate of drug-likeness (QED) is 0.637. The van der Waals surface area contributed by atoms with E-state index in [4.69, 9.17) is 0 Å². The molecule has 1 aliphatic rings. The zero-order chi connectivity index (χ0) is 14.2. The SMILES string of the molecule is CCCNc1cc(NCCCC2CC2)nc(CCC)n1. The summed E-state index contributed by atoms with van der Waals surface area (Å²) in [5, 5.41) is 6.81. The van der Waals surface area contributed by atoms with Gasteiger partial charge in [-0.2, -0.15) is 0 Å². The summed E-state index contributed by atoms with van der Waals surface area (Å²) in [4.78, 5) is 9.17. The summed E-state index contributed by atoms with van der Waals surface area (Å²) in [5.41, 5.74) is 0. The maximum Gasteiger partial charge on any atom is 0.133 e. The van der Waals surface area contributed by atoms with Gasteiger partial charge in [0.2, 0.25) is 0 Å². The molecule has 2 rings (SSSR count). The first kappa shape index (κ1) is 15.1. The van der Waals surface area contributed by atoms with Gasteiger partial charge in [0, 0.05) is 25.6 Å². The minimum Gasteiger partial charge on any atom is -0.370 e. The van der Waals surface area contributed by atoms with Gasteiger partial charge in [0.1, 0.15) is 17.5 Å². The number of hydrogen-bond donors (Lipinski definition) is 2. The molecule has 2 N–H and O–H groups in total. The lowest BCUT2D eigenvalue weighted by Crippen LogP contribution is -2.09. The third-order valence-corrected chi connectivity index (χ3v) is 3.59. The number of nitrogens with one attached hydrogen (secondary N) is 2. The maximum atomic E-state index is 4.60. The molecule has 0 aromatic carbocycles. The summed E-state index contributed by atoms with van der Waals surface area (Å²) < 4.78 is 0. The van der Waals surface area contributed by atoms with E-state index in [0.717, 1.165) is 55.7 Å². The predicted octanol–water partition coefficient (Wildman–Crippen LogP) is 3.85. The lowest BCUT2D eigenvalue weighted by molar-refractivity contribution is 0.686. The molecule has 112 valence electrons. The number of aryl methyl sites for hydroxylation is 1. The van der Waals surface area contributed by atoms with Crippen molar-refractivity contribution in [1.29, 1.82) is 0 Å². The Balaban J connectivity index is 1.87. The van der Waals surface area contributed by atoms with Crippen LogP contribution in [0.25, 0.3) is 0 Å². The van der Waals surface area contributed by atoms with Crippen LogP contribution >= 0.6 is 0 Å². The summed E-state index contributed by atoms with van der Waals surface area (Å²) in [6.07, 6.45) is 8.63. The average Bonchev–Trinajstić information content (AvgIpc) is 3.26. The van der Waals surface area contributed by atoms with Crippen molar-refractivity contribution in [2.45, 2.75) is 58.8 Å². The molecule has 1 aromatic rings. The van der Waals surface area contributed by atoms with E-state index in [2.05, 4.69) is 34.4 Å². The fourth-order valence-corrected chi connectivity index (χ4v) is 2.28. The molecule has 20 heavy (non-hydrogen) atoms. The number of rotatable bonds is 10. The Morgan fingerprint density at radius 2 is 1.75 bits per heavy atom. The summed E-state index contributed by atoms with van der Waals surface area (Å²) in [5.74, 6) is 3.88. The van der Waals surface area contributed by atoms with Crippen molar-refractivity contribution in [3.63, 3.8) is 0 Å². The van der Waals surface area contributed by atoms with E-state index in [1.54, 1.807) is 0 Å². The molecule has 1 saturated carbocycles. The van der Waals surface area contributed by atoms with Gasteiger partial charge in [0.25, 0.3) is 0 Å². The Kier molecular flexibility index (Phi) is 6.09. The molecular formula is C16H28N4. The van der Waals surface area contributed by atoms with Gasteiger partial charge in [-0.3, -0.25) is 0 Å². The summed E-state index contributed by atoms with van der Waals surface area (Å²) in [7, 11) is 0. The Bertz CT molecular complexity index is 401. The average molecular weight is 276 g/mol. The van der Waals surface area contributed by atoms with Crippen LogP contribution in [0.4, 0.5) is 11.6 Å². The molecule has 1 aliphatic carbocycles. The lowest BCUT2D eigenvalue weighted by Gasteiger charge is -2.10. The second-order valence-electron chi connectivity index (χ2n) is 5.74. The van der Waals surface area contributed by atoms with Gasteiger partial charge in [0.05, 0.1) is 0 Å². The van der Waals surface area contributed by atoms with Crippen molar-refractivity contribution >= 4 is 11.6 Å². The highest BCUT2D eigenvalue weighted by atomic mass is 15.1. The van der Waals surface area contributed by atoms with Gasteiger partial charge < -0.3 is 10.6 Å². The van der Waals surface area contributed by atoms with Crippen molar-refractivity contribution in [3.05, 3.63) is 11.9 Å². The van der Waals surface area contributed by atoms with Crippen molar-refractivity contribution in [2.75, 3.05) is 23.7 Å². The van der Waals surface area contributed by atoms with Crippen LogP contribution in [-0.4, -0.2) is 23.1 Å². The Labute approximate surface area is 122 Å². The minimum atomic E-state index is 0.943. The zero-order valence-electron chi connectivity index (χ0n) is 12.9. The first-order chi connectivity index (χ1) is 9.81. The van der Waals surface area contributed by atoms with Crippen molar-refractivity contribution in [1.82, 2.24) is 9.97 Å². The van der Waals surface area contributed by atoms with Gasteiger partial charge >= 0.3 is 0 Å². The summed E-state index contributed by atoms with van der Waals surface area (Å²) >= 11 is 0. The van der Waals surface area contributed by atoms with Crippen molar-refractivity contribution in [2.24, 2.45) is 5.92 Å². The van der Waals surface area contributed by atoms with Crippen molar-refractivity contribution < 1.29 is 0 Å². The smallest absolute Gasteiger partial charge is 0.133 e. The number of hydrogen-bond acceptors (Lipinski definition) is 4. The van der Waals surface area contributed by atoms with Crippen LogP contribution in [0.3, 0.4) is 0 Å². The largest absolute Gasteiger partial charge is 0.370 e. The standard InChI is InChI=1S/C16H28N4/c1-3-6-14-19-15(17-10-4-2)12-16(20-14)18-11-5-7-13-8-9-13/h12-13H,3-11H2,1-2H3,(H2,17,18,19,20). The van der Waals surface area contributed by atoms with Gasteiger partial charge in [-0.15, -0.1) is 0 Å². The molecule has 0 aliphatic heterocycles. The molecule has 0 saturated heterocycles. The van der Waals surface area contributed by atoms with E-state index >= 15 is 0 Å². The fourth-order valence-electron chi connectivity index (χ4n) is 2.28. The van der Waals surface area contributed by atoms with Crippen LogP contribution in [0.15, 0.2) is 6.07 Å². The van der Waals surface area contributed by atoms with Gasteiger partial charge in [0.15, 0.2) is 0 Å². The minimum absolute atomic E-state index is 0.943. The van der Waals surface area contributed by atoms with E-state index < -0.39 is 0 Å². The summed E-state index contributed by atoms with van der Waals surface area (Å²) in [6.45, 7) is 6.31. The molecule has 0 amide bonds. The zero-order valence-corrected chi connectivity index (χ0v) is 12.9. The number of nitrogens with zero attached hydrogens (tertiary/aromatic N) is 2. The van der Waals surface area contributed by atoms with Gasteiger partial charge in [-0.05, 0) is 31.6 Å². The maximum absolute atomic E-state index is 4.60. The molecule has 4 nitrogen and oxygen atoms in total. The first-order valence-corrected chi connectivity index (χ1v) is 8.17. The second-order valence-corrected chi connectivity index (χ2v) is 5.74. The van der Waals surface area contributed by atoms with E-state index in [1.165, 1.54) is 25.7 Å². The first-order valence-electron chi connectivity index (χ1n) is 8.17. The highest BCUT2D eigenvalue weighted by Gasteiger charge is 2.19. The molecule has 0 atom stereocenters. The third kappa shape index (κ3) is 5.35. The topological polar surface area (TPSA) is 49.8 Å². The number of aromatic nitrogens is 2. The molecule has 0 unspecified atom stereocenters. The monoisotopic (exact) mass is 276 g/mol. The molecule has 1 fully saturated rings. The molecule has 1 heterocycles. The van der Waals surface area contributed by atoms with Crippen LogP contribution in [0, 0.1) is 5.92 Å². The normalized spacial score (nSPS) is 14.3. The Morgan fingerprint density at radius 3 is 2.35 bits per heavy atom. The van der Waals surface area contributed by atoms with E-state index in [-0.39, 0.29) is 0 Å². The summed E-state index contributed by atoms with van der Waals surface area (Å²) in [6, 6.07) is 2.03. The highest BCUT2D eigenvalue weighted by Crippen LogP contribution is 2.33. The highest BCUT2D eigenvalue weighted by molar-refractivity contribution is 5.47. The molecule has 1 aromatic heterocycles. The molecule has 0 bridgehead atoms. The van der Waals surface area contributed by atoms with Crippen LogP contribution in [0.1, 0.15) is 58.2 Å². The number of anilines is 2. The van der Waals surface area contributed by atoms with Gasteiger partial charge in [-0.1, -0.05) is 26.7 Å². The molecular weight excluding hydrogens is 248 g/mol. The third-order valence-electron chi connectivity index (χ3n) is 3.59. The molecule has 0 radical (unpaired) electrons. The fraction of sp³-hybridized carbons (Fsp3) is 0.750. The predicted molar refractivity (Wildman–Crippen MR) is 85.3 cm³/mol. The molecule has 0 spiro atoms. The van der Waals surface area contributed by atoms with Crippen molar-refractivity contribution in [3.8, 4) is 0 Å². The van der Waals surface area contributed by atoms with E-state index in [1.807, 2.05) is 6.07 Å². The lowest BCUT2D eigenvalue weighted by atomic mass is 10.2. The Morgan fingerprint density at radius 1 is 1.05 bits per heavy atom. The van der Waals surface area contributed by atoms with Crippen LogP contribution < -0.4 is 10.6 Å². The van der Waals surface area contributed by atoms with Gasteiger partial charge in [-0.25, -0.2) is 9.97 Å². The molecule has 4 heteroatoms. The van der Waals surface area contributed by atoms with Crippen LogP contribution in [-0.2, 0) is 6.42 Å². The van der Waals surface area contributed by atoms with Crippen LogP contribution in [0.5, 0.6) is 0 Å². The second kappa shape index (κ2) is 8.08. The van der Waals surface area contributed by atoms with Crippen LogP contribution in [0.2, 0.25) is 0 Å².